The Balaban J connectivity index is 2.52. The zero-order valence-electron chi connectivity index (χ0n) is 11.9. The third-order valence-corrected chi connectivity index (χ3v) is 3.37. The quantitative estimate of drug-likeness (QED) is 0.552. The van der Waals surface area contributed by atoms with Gasteiger partial charge in [0.05, 0.1) is 11.3 Å². The second kappa shape index (κ2) is 5.83. The van der Waals surface area contributed by atoms with Crippen LogP contribution in [-0.2, 0) is 0 Å². The van der Waals surface area contributed by atoms with Crippen molar-refractivity contribution in [2.45, 2.75) is 32.7 Å². The molecule has 0 atom stereocenters. The maximum absolute atomic E-state index is 4.98. The van der Waals surface area contributed by atoms with Gasteiger partial charge in [-0.2, -0.15) is 0 Å². The van der Waals surface area contributed by atoms with Crippen molar-refractivity contribution in [1.82, 2.24) is 0 Å². The van der Waals surface area contributed by atoms with E-state index in [1.165, 1.54) is 11.1 Å². The lowest BCUT2D eigenvalue weighted by Crippen LogP contribution is -2.19. The van der Waals surface area contributed by atoms with Crippen molar-refractivity contribution in [3.63, 3.8) is 0 Å². The van der Waals surface area contributed by atoms with Gasteiger partial charge in [0.25, 0.3) is 0 Å². The van der Waals surface area contributed by atoms with Gasteiger partial charge in [0.15, 0.2) is 0 Å². The summed E-state index contributed by atoms with van der Waals surface area (Å²) in [5.74, 6) is 0. The van der Waals surface area contributed by atoms with Crippen molar-refractivity contribution in [1.29, 1.82) is 0 Å². The largest absolute Gasteiger partial charge is 0.278 e. The predicted octanol–water partition coefficient (Wildman–Crippen LogP) is 4.71. The summed E-state index contributed by atoms with van der Waals surface area (Å²) in [6.45, 7) is 6.54. The average molecular weight is 252 g/mol. The Bertz CT molecular complexity index is 497. The number of nitrogens with zero attached hydrogens (tertiary/aromatic N) is 1. The Hall–Kier alpha value is -1.89. The minimum Gasteiger partial charge on any atom is -0.278 e. The van der Waals surface area contributed by atoms with Crippen molar-refractivity contribution in [3.8, 4) is 0 Å². The standard InChI is InChI=1S/C18H21N/c1-4-18(2,3)19-17(15-11-7-5-8-12-15)16-13-9-6-10-14-16/h5-14H,4H2,1-3H3/i19+1. The van der Waals surface area contributed by atoms with Gasteiger partial charge in [0.2, 0.25) is 0 Å². The third-order valence-electron chi connectivity index (χ3n) is 3.37. The molecule has 0 N–H and O–H groups in total. The summed E-state index contributed by atoms with van der Waals surface area (Å²) in [7, 11) is 0. The molecule has 0 saturated carbocycles. The van der Waals surface area contributed by atoms with Crippen LogP contribution >= 0.6 is 0 Å². The van der Waals surface area contributed by atoms with E-state index < -0.39 is 0 Å². The molecule has 2 aromatic carbocycles. The van der Waals surface area contributed by atoms with E-state index in [9.17, 15) is 0 Å². The van der Waals surface area contributed by atoms with Crippen molar-refractivity contribution < 1.29 is 0 Å². The van der Waals surface area contributed by atoms with Gasteiger partial charge in [-0.1, -0.05) is 67.6 Å². The highest BCUT2D eigenvalue weighted by Gasteiger charge is 2.16. The predicted molar refractivity (Wildman–Crippen MR) is 82.9 cm³/mol. The summed E-state index contributed by atoms with van der Waals surface area (Å²) in [4.78, 5) is 4.98. The summed E-state index contributed by atoms with van der Waals surface area (Å²) in [5, 5.41) is 0. The van der Waals surface area contributed by atoms with Gasteiger partial charge < -0.3 is 0 Å². The van der Waals surface area contributed by atoms with Crippen LogP contribution in [0.5, 0.6) is 0 Å². The first-order chi connectivity index (χ1) is 9.12. The van der Waals surface area contributed by atoms with Gasteiger partial charge in [-0.25, -0.2) is 0 Å². The zero-order chi connectivity index (χ0) is 13.7. The summed E-state index contributed by atoms with van der Waals surface area (Å²) in [5.41, 5.74) is 3.39. The van der Waals surface area contributed by atoms with E-state index in [4.69, 9.17) is 4.99 Å². The van der Waals surface area contributed by atoms with Crippen LogP contribution in [0.15, 0.2) is 65.7 Å². The van der Waals surface area contributed by atoms with E-state index in [0.717, 1.165) is 12.1 Å². The fourth-order valence-electron chi connectivity index (χ4n) is 1.87. The summed E-state index contributed by atoms with van der Waals surface area (Å²) in [6.07, 6.45) is 1.02. The Kier molecular flexibility index (Phi) is 4.16. The first kappa shape index (κ1) is 13.5. The molecule has 1 heteroatoms. The molecule has 0 radical (unpaired) electrons. The Morgan fingerprint density at radius 2 is 1.26 bits per heavy atom. The molecule has 0 amide bonds. The fourth-order valence-corrected chi connectivity index (χ4v) is 1.87. The second-order valence-electron chi connectivity index (χ2n) is 5.36. The summed E-state index contributed by atoms with van der Waals surface area (Å²) < 4.78 is 0. The SMILES string of the molecule is CCC(C)(C)[15N]=C(c1ccccc1)c1ccccc1. The number of hydrogen-bond donors (Lipinski definition) is 0. The molecule has 2 rings (SSSR count). The number of benzene rings is 2. The molecule has 0 aliphatic heterocycles. The van der Waals surface area contributed by atoms with Gasteiger partial charge in [0, 0.05) is 11.1 Å². The fraction of sp³-hybridized carbons (Fsp3) is 0.278. The van der Waals surface area contributed by atoms with E-state index in [-0.39, 0.29) is 5.54 Å². The molecular weight excluding hydrogens is 231 g/mol. The number of aliphatic imine (C=N–C) groups is 1. The summed E-state index contributed by atoms with van der Waals surface area (Å²) >= 11 is 0. The topological polar surface area (TPSA) is 12.4 Å². The lowest BCUT2D eigenvalue weighted by atomic mass is 10.0. The molecule has 0 aromatic heterocycles. The molecule has 0 aliphatic carbocycles. The van der Waals surface area contributed by atoms with E-state index in [2.05, 4.69) is 69.3 Å². The van der Waals surface area contributed by atoms with E-state index in [1.807, 2.05) is 12.1 Å². The zero-order valence-corrected chi connectivity index (χ0v) is 11.9. The Morgan fingerprint density at radius 3 is 1.63 bits per heavy atom. The molecule has 0 spiro atoms. The van der Waals surface area contributed by atoms with E-state index in [1.54, 1.807) is 0 Å². The monoisotopic (exact) mass is 252 g/mol. The normalized spacial score (nSPS) is 11.1. The lowest BCUT2D eigenvalue weighted by Gasteiger charge is -2.20. The van der Waals surface area contributed by atoms with Crippen LogP contribution in [-0.4, -0.2) is 11.3 Å². The molecule has 98 valence electrons. The van der Waals surface area contributed by atoms with Gasteiger partial charge in [0.1, 0.15) is 0 Å². The van der Waals surface area contributed by atoms with Crippen LogP contribution in [0.4, 0.5) is 0 Å². The van der Waals surface area contributed by atoms with Gasteiger partial charge in [-0.15, -0.1) is 0 Å². The smallest absolute Gasteiger partial charge is 0.0725 e. The van der Waals surface area contributed by atoms with Crippen molar-refractivity contribution >= 4 is 5.71 Å². The molecule has 1 nitrogen and oxygen atoms in total. The second-order valence-corrected chi connectivity index (χ2v) is 5.36. The van der Waals surface area contributed by atoms with Crippen LogP contribution in [0, 0.1) is 0 Å². The van der Waals surface area contributed by atoms with Gasteiger partial charge >= 0.3 is 0 Å². The molecule has 0 fully saturated rings. The maximum Gasteiger partial charge on any atom is 0.0725 e. The van der Waals surface area contributed by atoms with Crippen LogP contribution in [0.2, 0.25) is 0 Å². The average Bonchev–Trinajstić information content (AvgIpc) is 2.47. The van der Waals surface area contributed by atoms with Crippen LogP contribution < -0.4 is 0 Å². The highest BCUT2D eigenvalue weighted by molar-refractivity contribution is 6.13. The molecule has 0 bridgehead atoms. The van der Waals surface area contributed by atoms with Gasteiger partial charge in [-0.05, 0) is 20.3 Å². The lowest BCUT2D eigenvalue weighted by molar-refractivity contribution is 0.506. The van der Waals surface area contributed by atoms with Gasteiger partial charge in [-0.3, -0.25) is 4.99 Å². The minimum atomic E-state index is -0.0407. The van der Waals surface area contributed by atoms with Crippen molar-refractivity contribution in [2.24, 2.45) is 4.99 Å². The minimum absolute atomic E-state index is 0.0407. The molecule has 2 aromatic rings. The van der Waals surface area contributed by atoms with Crippen molar-refractivity contribution in [2.75, 3.05) is 0 Å². The van der Waals surface area contributed by atoms with Crippen LogP contribution in [0.3, 0.4) is 0 Å². The third kappa shape index (κ3) is 3.54. The molecule has 19 heavy (non-hydrogen) atoms. The number of rotatable bonds is 4. The molecule has 0 heterocycles. The molecule has 0 unspecified atom stereocenters. The first-order valence-electron chi connectivity index (χ1n) is 6.83. The highest BCUT2D eigenvalue weighted by atomic mass is 15.5. The Morgan fingerprint density at radius 1 is 0.842 bits per heavy atom. The summed E-state index contributed by atoms with van der Waals surface area (Å²) in [6, 6.07) is 20.8. The van der Waals surface area contributed by atoms with E-state index >= 15 is 0 Å². The Labute approximate surface area is 116 Å². The highest BCUT2D eigenvalue weighted by Crippen LogP contribution is 2.19. The van der Waals surface area contributed by atoms with Crippen LogP contribution in [0.1, 0.15) is 38.3 Å². The first-order valence-corrected chi connectivity index (χ1v) is 6.83. The molecule has 0 saturated heterocycles. The number of hydrogen-bond acceptors (Lipinski definition) is 1. The molecular formula is C18H21N. The van der Waals surface area contributed by atoms with Crippen LogP contribution in [0.25, 0.3) is 0 Å². The maximum atomic E-state index is 4.98. The van der Waals surface area contributed by atoms with Crippen molar-refractivity contribution in [3.05, 3.63) is 71.8 Å². The van der Waals surface area contributed by atoms with E-state index in [0.29, 0.717) is 0 Å². The molecule has 0 aliphatic rings.